The van der Waals surface area contributed by atoms with Gasteiger partial charge in [0, 0.05) is 45.4 Å². The van der Waals surface area contributed by atoms with Crippen LogP contribution in [0.25, 0.3) is 0 Å². The number of aliphatic hydroxyl groups excluding tert-OH is 1. The van der Waals surface area contributed by atoms with E-state index in [9.17, 15) is 24.3 Å². The molecule has 0 aromatic rings. The summed E-state index contributed by atoms with van der Waals surface area (Å²) in [5.74, 6) is -3.41. The highest BCUT2D eigenvalue weighted by molar-refractivity contribution is 5.68. The highest BCUT2D eigenvalue weighted by Gasteiger charge is 2.84. The molecule has 3 fully saturated rings. The minimum absolute atomic E-state index is 0.163. The van der Waals surface area contributed by atoms with Crippen molar-refractivity contribution in [2.45, 2.75) is 110 Å². The second kappa shape index (κ2) is 9.33. The number of rotatable bonds is 4. The number of esters is 4. The number of aliphatic hydroxyl groups is 1. The fourth-order valence-corrected chi connectivity index (χ4v) is 7.66. The molecule has 0 aromatic heterocycles. The van der Waals surface area contributed by atoms with Gasteiger partial charge in [-0.2, -0.15) is 0 Å². The van der Waals surface area contributed by atoms with Gasteiger partial charge < -0.3 is 28.8 Å². The summed E-state index contributed by atoms with van der Waals surface area (Å²) in [6.45, 7) is 14.7. The zero-order valence-electron chi connectivity index (χ0n) is 23.6. The Kier molecular flexibility index (Phi) is 7.01. The van der Waals surface area contributed by atoms with E-state index in [1.54, 1.807) is 13.0 Å². The lowest BCUT2D eigenvalue weighted by Crippen LogP contribution is -2.48. The van der Waals surface area contributed by atoms with E-state index in [0.717, 1.165) is 0 Å². The summed E-state index contributed by atoms with van der Waals surface area (Å²) in [6, 6.07) is 0. The largest absolute Gasteiger partial charge is 0.462 e. The summed E-state index contributed by atoms with van der Waals surface area (Å²) in [5.41, 5.74) is -2.26. The molecule has 0 spiro atoms. The monoisotopic (exact) mass is 536 g/mol. The Morgan fingerprint density at radius 3 is 1.84 bits per heavy atom. The molecule has 1 saturated heterocycles. The fourth-order valence-electron chi connectivity index (χ4n) is 7.66. The first-order valence-corrected chi connectivity index (χ1v) is 13.3. The molecule has 0 aromatic carbocycles. The third-order valence-corrected chi connectivity index (χ3v) is 9.10. The Morgan fingerprint density at radius 2 is 1.32 bits per heavy atom. The van der Waals surface area contributed by atoms with Gasteiger partial charge in [0.25, 0.3) is 0 Å². The van der Waals surface area contributed by atoms with Gasteiger partial charge in [-0.05, 0) is 36.3 Å². The van der Waals surface area contributed by atoms with Crippen LogP contribution >= 0.6 is 0 Å². The highest BCUT2D eigenvalue weighted by Crippen LogP contribution is 2.70. The Labute approximate surface area is 223 Å². The molecular weight excluding hydrogens is 496 g/mol. The second-order valence-corrected chi connectivity index (χ2v) is 12.2. The molecule has 4 rings (SSSR count). The second-order valence-electron chi connectivity index (χ2n) is 12.2. The standard InChI is InChI=1S/C28H40O10/c1-12-10-27-24(36-17(6)31)13(2)11-28(27,38-27)25(37-18(7)32)14(3)22(34-15(4)29)19-20(26(19,8)9)23(21(12)33)35-16(5)30/h10,13-14,19-25,33H,11H2,1-9H3. The van der Waals surface area contributed by atoms with E-state index in [1.807, 2.05) is 27.7 Å². The number of hydrogen-bond donors (Lipinski definition) is 1. The zero-order valence-corrected chi connectivity index (χ0v) is 23.6. The molecule has 2 saturated carbocycles. The molecule has 1 aliphatic heterocycles. The van der Waals surface area contributed by atoms with Crippen LogP contribution in [0.4, 0.5) is 0 Å². The lowest BCUT2D eigenvalue weighted by molar-refractivity contribution is -0.167. The third kappa shape index (κ3) is 4.33. The van der Waals surface area contributed by atoms with Crippen LogP contribution in [0.15, 0.2) is 11.6 Å². The van der Waals surface area contributed by atoms with Crippen LogP contribution in [0.2, 0.25) is 0 Å². The van der Waals surface area contributed by atoms with Crippen molar-refractivity contribution in [1.82, 2.24) is 0 Å². The van der Waals surface area contributed by atoms with Gasteiger partial charge in [0.05, 0.1) is 0 Å². The molecule has 11 atom stereocenters. The number of carbonyl (C=O) groups excluding carboxylic acids is 4. The van der Waals surface area contributed by atoms with Crippen LogP contribution in [0.1, 0.15) is 68.7 Å². The van der Waals surface area contributed by atoms with Gasteiger partial charge in [-0.15, -0.1) is 0 Å². The molecule has 212 valence electrons. The predicted octanol–water partition coefficient (Wildman–Crippen LogP) is 2.49. The van der Waals surface area contributed by atoms with Crippen molar-refractivity contribution in [1.29, 1.82) is 0 Å². The molecule has 11 unspecified atom stereocenters. The molecule has 3 aliphatic carbocycles. The van der Waals surface area contributed by atoms with E-state index in [-0.39, 0.29) is 17.8 Å². The van der Waals surface area contributed by atoms with Gasteiger partial charge in [-0.25, -0.2) is 0 Å². The molecule has 0 bridgehead atoms. The minimum atomic E-state index is -1.20. The first-order valence-electron chi connectivity index (χ1n) is 13.3. The predicted molar refractivity (Wildman–Crippen MR) is 132 cm³/mol. The Bertz CT molecular complexity index is 1060. The molecule has 10 heteroatoms. The summed E-state index contributed by atoms with van der Waals surface area (Å²) < 4.78 is 29.8. The number of fused-ring (bicyclic) bond motifs is 1. The molecule has 1 heterocycles. The van der Waals surface area contributed by atoms with Gasteiger partial charge in [0.2, 0.25) is 0 Å². The lowest BCUT2D eigenvalue weighted by Gasteiger charge is -2.34. The summed E-state index contributed by atoms with van der Waals surface area (Å²) in [6.07, 6.45) is -2.27. The van der Waals surface area contributed by atoms with Crippen LogP contribution in [-0.4, -0.2) is 70.7 Å². The van der Waals surface area contributed by atoms with Crippen LogP contribution in [0.3, 0.4) is 0 Å². The van der Waals surface area contributed by atoms with Crippen molar-refractivity contribution in [3.63, 3.8) is 0 Å². The third-order valence-electron chi connectivity index (χ3n) is 9.10. The van der Waals surface area contributed by atoms with Crippen molar-refractivity contribution in [2.75, 3.05) is 0 Å². The van der Waals surface area contributed by atoms with E-state index in [0.29, 0.717) is 12.0 Å². The summed E-state index contributed by atoms with van der Waals surface area (Å²) in [7, 11) is 0. The zero-order chi connectivity index (χ0) is 28.5. The molecule has 0 amide bonds. The number of hydrogen-bond acceptors (Lipinski definition) is 10. The average Bonchev–Trinajstić information content (AvgIpc) is 3.56. The van der Waals surface area contributed by atoms with Crippen LogP contribution in [-0.2, 0) is 42.9 Å². The topological polar surface area (TPSA) is 138 Å². The van der Waals surface area contributed by atoms with Crippen molar-refractivity contribution in [2.24, 2.45) is 29.1 Å². The molecule has 0 radical (unpaired) electrons. The Balaban J connectivity index is 1.93. The minimum Gasteiger partial charge on any atom is -0.462 e. The normalized spacial score (nSPS) is 44.6. The highest BCUT2D eigenvalue weighted by atomic mass is 16.7. The van der Waals surface area contributed by atoms with Gasteiger partial charge in [-0.1, -0.05) is 27.7 Å². The number of carbonyl (C=O) groups is 4. The van der Waals surface area contributed by atoms with Gasteiger partial charge in [0.15, 0.2) is 5.60 Å². The van der Waals surface area contributed by atoms with E-state index in [4.69, 9.17) is 23.7 Å². The van der Waals surface area contributed by atoms with Crippen LogP contribution in [0, 0.1) is 29.1 Å². The molecule has 38 heavy (non-hydrogen) atoms. The van der Waals surface area contributed by atoms with Crippen molar-refractivity contribution in [3.05, 3.63) is 11.6 Å². The van der Waals surface area contributed by atoms with E-state index in [2.05, 4.69) is 0 Å². The van der Waals surface area contributed by atoms with E-state index < -0.39 is 76.9 Å². The summed E-state index contributed by atoms with van der Waals surface area (Å²) >= 11 is 0. The molecular formula is C28H40O10. The van der Waals surface area contributed by atoms with E-state index in [1.165, 1.54) is 27.7 Å². The maximum absolute atomic E-state index is 12.4. The van der Waals surface area contributed by atoms with Crippen molar-refractivity contribution in [3.8, 4) is 0 Å². The van der Waals surface area contributed by atoms with Gasteiger partial charge >= 0.3 is 23.9 Å². The maximum atomic E-state index is 12.4. The van der Waals surface area contributed by atoms with Crippen LogP contribution < -0.4 is 0 Å². The molecule has 4 aliphatic rings. The quantitative estimate of drug-likeness (QED) is 0.247. The van der Waals surface area contributed by atoms with Crippen molar-refractivity contribution >= 4 is 23.9 Å². The molecule has 1 N–H and O–H groups in total. The lowest BCUT2D eigenvalue weighted by atomic mass is 9.79. The number of epoxide rings is 1. The first-order chi connectivity index (χ1) is 17.5. The molecule has 10 nitrogen and oxygen atoms in total. The first kappa shape index (κ1) is 28.5. The number of ether oxygens (including phenoxy) is 5. The van der Waals surface area contributed by atoms with Gasteiger partial charge in [0.1, 0.15) is 36.1 Å². The Hall–Kier alpha value is -2.46. The summed E-state index contributed by atoms with van der Waals surface area (Å²) in [5, 5.41) is 11.6. The van der Waals surface area contributed by atoms with Crippen molar-refractivity contribution < 1.29 is 48.0 Å². The van der Waals surface area contributed by atoms with Crippen LogP contribution in [0.5, 0.6) is 0 Å². The average molecular weight is 537 g/mol. The SMILES string of the molecule is CC(=O)OC1C(O)C(C)=CC23OC2(CC(C)C3OC(C)=O)C(OC(C)=O)C(C)C(OC(C)=O)C2C1C2(C)C. The smallest absolute Gasteiger partial charge is 0.303 e. The Morgan fingerprint density at radius 1 is 0.842 bits per heavy atom. The summed E-state index contributed by atoms with van der Waals surface area (Å²) in [4.78, 5) is 49.0. The maximum Gasteiger partial charge on any atom is 0.303 e. The van der Waals surface area contributed by atoms with E-state index >= 15 is 0 Å². The fraction of sp³-hybridized carbons (Fsp3) is 0.786. The van der Waals surface area contributed by atoms with Gasteiger partial charge in [-0.3, -0.25) is 19.2 Å².